The Morgan fingerprint density at radius 3 is 2.70 bits per heavy atom. The summed E-state index contributed by atoms with van der Waals surface area (Å²) in [5.41, 5.74) is 1.79. The van der Waals surface area contributed by atoms with Gasteiger partial charge in [-0.25, -0.2) is 4.98 Å². The van der Waals surface area contributed by atoms with Gasteiger partial charge in [0.25, 0.3) is 0 Å². The molecule has 1 heterocycles. The molecule has 1 aromatic carbocycles. The maximum Gasteiger partial charge on any atom is 0.226 e. The van der Waals surface area contributed by atoms with Crippen LogP contribution in [0, 0.1) is 0 Å². The van der Waals surface area contributed by atoms with Crippen LogP contribution in [0.4, 0.5) is 0 Å². The normalized spacial score (nSPS) is 12.8. The monoisotopic (exact) mass is 294 g/mol. The third kappa shape index (κ3) is 4.34. The first-order valence-corrected chi connectivity index (χ1v) is 6.99. The van der Waals surface area contributed by atoms with E-state index >= 15 is 0 Å². The Hall–Kier alpha value is -1.36. The van der Waals surface area contributed by atoms with Crippen molar-refractivity contribution in [1.82, 2.24) is 9.88 Å². The fourth-order valence-corrected chi connectivity index (χ4v) is 1.99. The fourth-order valence-electron chi connectivity index (χ4n) is 1.87. The first-order chi connectivity index (χ1) is 9.54. The highest BCUT2D eigenvalue weighted by Gasteiger charge is 2.09. The molecule has 1 N–H and O–H groups in total. The van der Waals surface area contributed by atoms with E-state index in [9.17, 15) is 5.11 Å². The summed E-state index contributed by atoms with van der Waals surface area (Å²) in [6.45, 7) is 3.31. The van der Waals surface area contributed by atoms with Crippen LogP contribution in [0.5, 0.6) is 0 Å². The molecule has 0 fully saturated rings. The van der Waals surface area contributed by atoms with Crippen molar-refractivity contribution >= 4 is 11.6 Å². The molecule has 2 rings (SSSR count). The molecule has 0 radical (unpaired) electrons. The van der Waals surface area contributed by atoms with Crippen molar-refractivity contribution in [2.75, 3.05) is 13.6 Å². The van der Waals surface area contributed by atoms with Gasteiger partial charge in [-0.1, -0.05) is 11.6 Å². The summed E-state index contributed by atoms with van der Waals surface area (Å²) in [7, 11) is 2.00. The molecular weight excluding hydrogens is 276 g/mol. The highest BCUT2D eigenvalue weighted by molar-refractivity contribution is 6.30. The summed E-state index contributed by atoms with van der Waals surface area (Å²) in [5, 5.41) is 9.96. The minimum absolute atomic E-state index is 0.278. The minimum atomic E-state index is -0.278. The van der Waals surface area contributed by atoms with E-state index < -0.39 is 0 Å². The van der Waals surface area contributed by atoms with Crippen molar-refractivity contribution < 1.29 is 9.52 Å². The van der Waals surface area contributed by atoms with Crippen molar-refractivity contribution in [1.29, 1.82) is 0 Å². The van der Waals surface area contributed by atoms with Crippen LogP contribution in [-0.2, 0) is 6.54 Å². The van der Waals surface area contributed by atoms with Crippen molar-refractivity contribution in [2.24, 2.45) is 0 Å². The van der Waals surface area contributed by atoms with Crippen LogP contribution >= 0.6 is 11.6 Å². The lowest BCUT2D eigenvalue weighted by atomic mass is 10.2. The molecule has 0 amide bonds. The Morgan fingerprint density at radius 1 is 1.35 bits per heavy atom. The molecule has 20 heavy (non-hydrogen) atoms. The molecule has 0 saturated heterocycles. The number of aliphatic hydroxyl groups excluding tert-OH is 1. The quantitative estimate of drug-likeness (QED) is 0.889. The average molecular weight is 295 g/mol. The van der Waals surface area contributed by atoms with E-state index in [2.05, 4.69) is 9.88 Å². The molecule has 0 aliphatic heterocycles. The van der Waals surface area contributed by atoms with Crippen LogP contribution in [-0.4, -0.2) is 34.7 Å². The molecule has 0 spiro atoms. The Bertz CT molecular complexity index is 537. The second-order valence-electron chi connectivity index (χ2n) is 5.03. The van der Waals surface area contributed by atoms with Crippen molar-refractivity contribution in [3.8, 4) is 11.5 Å². The molecule has 1 atom stereocenters. The second-order valence-corrected chi connectivity index (χ2v) is 5.46. The third-order valence-corrected chi connectivity index (χ3v) is 3.26. The average Bonchev–Trinajstić information content (AvgIpc) is 2.85. The van der Waals surface area contributed by atoms with Crippen LogP contribution in [0.15, 0.2) is 34.9 Å². The molecule has 0 aliphatic rings. The predicted octanol–water partition coefficient (Wildman–Crippen LogP) is 3.20. The van der Waals surface area contributed by atoms with E-state index in [1.165, 1.54) is 0 Å². The zero-order chi connectivity index (χ0) is 14.5. The molecule has 5 heteroatoms. The number of hydrogen-bond acceptors (Lipinski definition) is 4. The van der Waals surface area contributed by atoms with Gasteiger partial charge < -0.3 is 14.4 Å². The standard InChI is InChI=1S/C15H19ClN2O2/c1-11(19)7-8-18(2)9-14-10-20-15(17-14)12-3-5-13(16)6-4-12/h3-6,10-11,19H,7-9H2,1-2H3. The number of aliphatic hydroxyl groups is 1. The van der Waals surface area contributed by atoms with E-state index in [0.717, 1.165) is 24.2 Å². The lowest BCUT2D eigenvalue weighted by Gasteiger charge is -2.15. The largest absolute Gasteiger partial charge is 0.444 e. The molecule has 1 aromatic heterocycles. The van der Waals surface area contributed by atoms with E-state index in [-0.39, 0.29) is 6.10 Å². The van der Waals surface area contributed by atoms with Crippen LogP contribution in [0.3, 0.4) is 0 Å². The molecule has 1 unspecified atom stereocenters. The smallest absolute Gasteiger partial charge is 0.226 e. The Morgan fingerprint density at radius 2 is 2.05 bits per heavy atom. The van der Waals surface area contributed by atoms with Crippen LogP contribution < -0.4 is 0 Å². The summed E-state index contributed by atoms with van der Waals surface area (Å²) in [6, 6.07) is 7.40. The van der Waals surface area contributed by atoms with Crippen LogP contribution in [0.1, 0.15) is 19.0 Å². The first-order valence-electron chi connectivity index (χ1n) is 6.61. The third-order valence-electron chi connectivity index (χ3n) is 3.00. The number of aromatic nitrogens is 1. The molecular formula is C15H19ClN2O2. The van der Waals surface area contributed by atoms with Gasteiger partial charge in [0.2, 0.25) is 5.89 Å². The van der Waals surface area contributed by atoms with Gasteiger partial charge in [-0.15, -0.1) is 0 Å². The van der Waals surface area contributed by atoms with E-state index in [4.69, 9.17) is 16.0 Å². The number of halogens is 1. The zero-order valence-corrected chi connectivity index (χ0v) is 12.5. The number of rotatable bonds is 6. The molecule has 0 bridgehead atoms. The van der Waals surface area contributed by atoms with Crippen molar-refractivity contribution in [3.05, 3.63) is 41.2 Å². The maximum atomic E-state index is 9.27. The summed E-state index contributed by atoms with van der Waals surface area (Å²) in [5.74, 6) is 0.598. The van der Waals surface area contributed by atoms with E-state index in [1.54, 1.807) is 13.2 Å². The summed E-state index contributed by atoms with van der Waals surface area (Å²) in [6.07, 6.45) is 2.14. The SMILES string of the molecule is CC(O)CCN(C)Cc1coc(-c2ccc(Cl)cc2)n1. The predicted molar refractivity (Wildman–Crippen MR) is 79.6 cm³/mol. The van der Waals surface area contributed by atoms with Crippen molar-refractivity contribution in [3.63, 3.8) is 0 Å². The molecule has 2 aromatic rings. The van der Waals surface area contributed by atoms with Gasteiger partial charge in [0.05, 0.1) is 11.8 Å². The number of nitrogens with zero attached hydrogens (tertiary/aromatic N) is 2. The highest BCUT2D eigenvalue weighted by atomic mass is 35.5. The lowest BCUT2D eigenvalue weighted by molar-refractivity contribution is 0.162. The van der Waals surface area contributed by atoms with Gasteiger partial charge in [-0.05, 0) is 44.7 Å². The Balaban J connectivity index is 1.96. The van der Waals surface area contributed by atoms with Gasteiger partial charge >= 0.3 is 0 Å². The lowest BCUT2D eigenvalue weighted by Crippen LogP contribution is -2.22. The summed E-state index contributed by atoms with van der Waals surface area (Å²) in [4.78, 5) is 6.57. The first kappa shape index (κ1) is 15.0. The van der Waals surface area contributed by atoms with Gasteiger partial charge in [-0.2, -0.15) is 0 Å². The number of benzene rings is 1. The summed E-state index contributed by atoms with van der Waals surface area (Å²) < 4.78 is 5.49. The van der Waals surface area contributed by atoms with E-state index in [0.29, 0.717) is 17.5 Å². The van der Waals surface area contributed by atoms with Crippen LogP contribution in [0.25, 0.3) is 11.5 Å². The van der Waals surface area contributed by atoms with Gasteiger partial charge in [0.1, 0.15) is 6.26 Å². The fraction of sp³-hybridized carbons (Fsp3) is 0.400. The molecule has 0 aliphatic carbocycles. The van der Waals surface area contributed by atoms with Crippen molar-refractivity contribution in [2.45, 2.75) is 26.0 Å². The molecule has 108 valence electrons. The zero-order valence-electron chi connectivity index (χ0n) is 11.7. The number of hydrogen-bond donors (Lipinski definition) is 1. The maximum absolute atomic E-state index is 9.27. The van der Waals surface area contributed by atoms with Gasteiger partial charge in [0.15, 0.2) is 0 Å². The minimum Gasteiger partial charge on any atom is -0.444 e. The Labute approximate surface area is 124 Å². The second kappa shape index (κ2) is 6.88. The van der Waals surface area contributed by atoms with Crippen LogP contribution in [0.2, 0.25) is 5.02 Å². The Kier molecular flexibility index (Phi) is 5.17. The van der Waals surface area contributed by atoms with E-state index in [1.807, 2.05) is 31.3 Å². The molecule has 0 saturated carbocycles. The topological polar surface area (TPSA) is 49.5 Å². The summed E-state index contributed by atoms with van der Waals surface area (Å²) >= 11 is 5.86. The number of oxazole rings is 1. The van der Waals surface area contributed by atoms with Gasteiger partial charge in [-0.3, -0.25) is 0 Å². The van der Waals surface area contributed by atoms with Gasteiger partial charge in [0, 0.05) is 23.7 Å². The highest BCUT2D eigenvalue weighted by Crippen LogP contribution is 2.21. The molecule has 4 nitrogen and oxygen atoms in total.